The van der Waals surface area contributed by atoms with Gasteiger partial charge < -0.3 is 5.73 Å². The second-order valence-corrected chi connectivity index (χ2v) is 7.90. The molecule has 0 aliphatic rings. The monoisotopic (exact) mass is 449 g/mol. The van der Waals surface area contributed by atoms with Crippen LogP contribution >= 0.6 is 23.2 Å². The normalized spacial score (nSPS) is 11.4. The number of fused-ring (bicyclic) bond motifs is 1. The first-order valence-electron chi connectivity index (χ1n) is 9.53. The molecule has 154 valence electrons. The topological polar surface area (TPSA) is 87.4 Å². The Bertz CT molecular complexity index is 1440. The number of anilines is 1. The fourth-order valence-electron chi connectivity index (χ4n) is 3.68. The molecule has 0 spiro atoms. The van der Waals surface area contributed by atoms with E-state index >= 15 is 0 Å². The minimum Gasteiger partial charge on any atom is -0.368 e. The quantitative estimate of drug-likeness (QED) is 0.410. The Balaban J connectivity index is 1.79. The summed E-state index contributed by atoms with van der Waals surface area (Å²) in [6.45, 7) is 3.79. The first-order chi connectivity index (χ1) is 14.9. The van der Waals surface area contributed by atoms with Gasteiger partial charge in [-0.2, -0.15) is 15.2 Å². The summed E-state index contributed by atoms with van der Waals surface area (Å²) in [5, 5.41) is 11.1. The summed E-state index contributed by atoms with van der Waals surface area (Å²) in [6.07, 6.45) is 0. The number of nitrogens with two attached hydrogens (primary N) is 1. The van der Waals surface area contributed by atoms with Crippen molar-refractivity contribution in [3.63, 3.8) is 0 Å². The Labute approximate surface area is 188 Å². The number of hydrogen-bond acceptors (Lipinski definition) is 5. The fraction of sp³-hybridized carbons (Fsp3) is 0.0909. The molecule has 31 heavy (non-hydrogen) atoms. The zero-order valence-electron chi connectivity index (χ0n) is 16.7. The van der Waals surface area contributed by atoms with Crippen LogP contribution in [0.2, 0.25) is 10.2 Å². The summed E-state index contributed by atoms with van der Waals surface area (Å²) in [6, 6.07) is 17.1. The standard InChI is InChI=1S/C22H17Cl2N7/c1-12-17(20(24)30(28-12)15-8-4-3-5-9-15)19-18-13(2)29-31(21(18)27-22(25)26-19)16-10-6-7-14(23)11-16/h3-11H,1-2H3,(H2,25,26,27). The van der Waals surface area contributed by atoms with Gasteiger partial charge in [-0.15, -0.1) is 0 Å². The number of nitrogens with zero attached hydrogens (tertiary/aromatic N) is 6. The molecule has 0 saturated carbocycles. The molecule has 0 radical (unpaired) electrons. The van der Waals surface area contributed by atoms with Crippen molar-refractivity contribution in [3.8, 4) is 22.6 Å². The van der Waals surface area contributed by atoms with Crippen molar-refractivity contribution in [3.05, 3.63) is 76.2 Å². The molecule has 0 unspecified atom stereocenters. The minimum absolute atomic E-state index is 0.119. The first kappa shape index (κ1) is 19.5. The number of halogens is 2. The van der Waals surface area contributed by atoms with Gasteiger partial charge in [-0.25, -0.2) is 14.3 Å². The van der Waals surface area contributed by atoms with E-state index in [1.54, 1.807) is 15.4 Å². The van der Waals surface area contributed by atoms with E-state index in [0.29, 0.717) is 27.1 Å². The highest BCUT2D eigenvalue weighted by atomic mass is 35.5. The molecule has 2 aromatic carbocycles. The van der Waals surface area contributed by atoms with Crippen molar-refractivity contribution in [1.29, 1.82) is 0 Å². The van der Waals surface area contributed by atoms with Crippen LogP contribution in [-0.4, -0.2) is 29.5 Å². The van der Waals surface area contributed by atoms with Gasteiger partial charge in [-0.05, 0) is 44.2 Å². The van der Waals surface area contributed by atoms with Crippen LogP contribution in [0.5, 0.6) is 0 Å². The van der Waals surface area contributed by atoms with Gasteiger partial charge in [0.2, 0.25) is 5.95 Å². The number of para-hydroxylation sites is 1. The van der Waals surface area contributed by atoms with Crippen molar-refractivity contribution in [2.45, 2.75) is 13.8 Å². The van der Waals surface area contributed by atoms with Crippen molar-refractivity contribution in [2.75, 3.05) is 5.73 Å². The van der Waals surface area contributed by atoms with Crippen molar-refractivity contribution in [2.24, 2.45) is 0 Å². The fourth-order valence-corrected chi connectivity index (χ4v) is 4.22. The van der Waals surface area contributed by atoms with Crippen LogP contribution in [0.15, 0.2) is 54.6 Å². The maximum Gasteiger partial charge on any atom is 0.222 e. The molecule has 3 aromatic heterocycles. The molecule has 7 nitrogen and oxygen atoms in total. The second-order valence-electron chi connectivity index (χ2n) is 7.10. The molecule has 0 amide bonds. The number of nitrogen functional groups attached to an aromatic ring is 1. The summed E-state index contributed by atoms with van der Waals surface area (Å²) in [7, 11) is 0. The van der Waals surface area contributed by atoms with E-state index in [-0.39, 0.29) is 5.95 Å². The molecule has 0 bridgehead atoms. The highest BCUT2D eigenvalue weighted by Crippen LogP contribution is 2.37. The lowest BCUT2D eigenvalue weighted by Gasteiger charge is -2.07. The minimum atomic E-state index is 0.119. The molecular weight excluding hydrogens is 433 g/mol. The van der Waals surface area contributed by atoms with Gasteiger partial charge >= 0.3 is 0 Å². The zero-order valence-corrected chi connectivity index (χ0v) is 18.2. The molecule has 0 atom stereocenters. The highest BCUT2D eigenvalue weighted by molar-refractivity contribution is 6.33. The predicted molar refractivity (Wildman–Crippen MR) is 123 cm³/mol. The van der Waals surface area contributed by atoms with Crippen LogP contribution in [0.3, 0.4) is 0 Å². The zero-order chi connectivity index (χ0) is 21.7. The Morgan fingerprint density at radius 3 is 2.26 bits per heavy atom. The Hall–Kier alpha value is -3.42. The number of benzene rings is 2. The van der Waals surface area contributed by atoms with Crippen molar-refractivity contribution < 1.29 is 0 Å². The first-order valence-corrected chi connectivity index (χ1v) is 10.3. The van der Waals surface area contributed by atoms with Gasteiger partial charge in [0.1, 0.15) is 5.15 Å². The summed E-state index contributed by atoms with van der Waals surface area (Å²) < 4.78 is 3.40. The third-order valence-electron chi connectivity index (χ3n) is 5.01. The van der Waals surface area contributed by atoms with E-state index < -0.39 is 0 Å². The van der Waals surface area contributed by atoms with Crippen LogP contribution in [0.1, 0.15) is 11.4 Å². The summed E-state index contributed by atoms with van der Waals surface area (Å²) in [5.41, 5.74) is 11.1. The van der Waals surface area contributed by atoms with Crippen LogP contribution in [0, 0.1) is 13.8 Å². The van der Waals surface area contributed by atoms with E-state index in [9.17, 15) is 0 Å². The largest absolute Gasteiger partial charge is 0.368 e. The molecule has 0 aliphatic carbocycles. The summed E-state index contributed by atoms with van der Waals surface area (Å²) in [4.78, 5) is 9.00. The van der Waals surface area contributed by atoms with Crippen molar-refractivity contribution >= 4 is 40.2 Å². The molecule has 0 saturated heterocycles. The Morgan fingerprint density at radius 1 is 0.806 bits per heavy atom. The smallest absolute Gasteiger partial charge is 0.222 e. The van der Waals surface area contributed by atoms with Gasteiger partial charge in [0.05, 0.1) is 39.4 Å². The number of aromatic nitrogens is 6. The maximum absolute atomic E-state index is 6.80. The second kappa shape index (κ2) is 7.37. The Kier molecular flexibility index (Phi) is 4.64. The third-order valence-corrected chi connectivity index (χ3v) is 5.60. The van der Waals surface area contributed by atoms with Crippen LogP contribution in [0.4, 0.5) is 5.95 Å². The lowest BCUT2D eigenvalue weighted by Crippen LogP contribution is -2.02. The summed E-state index contributed by atoms with van der Waals surface area (Å²) in [5.74, 6) is 0.119. The van der Waals surface area contributed by atoms with Gasteiger partial charge in [-0.3, -0.25) is 0 Å². The van der Waals surface area contributed by atoms with Crippen LogP contribution in [0.25, 0.3) is 33.7 Å². The van der Waals surface area contributed by atoms with E-state index in [2.05, 4.69) is 20.2 Å². The van der Waals surface area contributed by atoms with E-state index in [4.69, 9.17) is 28.9 Å². The summed E-state index contributed by atoms with van der Waals surface area (Å²) >= 11 is 13.0. The Morgan fingerprint density at radius 2 is 1.52 bits per heavy atom. The third kappa shape index (κ3) is 3.22. The number of hydrogen-bond donors (Lipinski definition) is 1. The van der Waals surface area contributed by atoms with E-state index in [0.717, 1.165) is 28.1 Å². The lowest BCUT2D eigenvalue weighted by atomic mass is 10.1. The van der Waals surface area contributed by atoms with Gasteiger partial charge in [0.25, 0.3) is 0 Å². The van der Waals surface area contributed by atoms with Crippen LogP contribution in [-0.2, 0) is 0 Å². The average molecular weight is 450 g/mol. The molecule has 2 N–H and O–H groups in total. The SMILES string of the molecule is Cc1nn(-c2ccccc2)c(Cl)c1-c1nc(N)nc2c1c(C)nn2-c1cccc(Cl)c1. The lowest BCUT2D eigenvalue weighted by molar-refractivity contribution is 0.863. The van der Waals surface area contributed by atoms with Crippen molar-refractivity contribution in [1.82, 2.24) is 29.5 Å². The van der Waals surface area contributed by atoms with Gasteiger partial charge in [-0.1, -0.05) is 47.5 Å². The molecule has 0 aliphatic heterocycles. The number of aryl methyl sites for hydroxylation is 2. The maximum atomic E-state index is 6.80. The molecule has 0 fully saturated rings. The molecule has 5 rings (SSSR count). The van der Waals surface area contributed by atoms with E-state index in [1.165, 1.54) is 0 Å². The number of rotatable bonds is 3. The van der Waals surface area contributed by atoms with Gasteiger partial charge in [0.15, 0.2) is 5.65 Å². The molecule has 5 aromatic rings. The predicted octanol–water partition coefficient (Wildman–Crippen LogP) is 5.17. The van der Waals surface area contributed by atoms with E-state index in [1.807, 2.05) is 62.4 Å². The van der Waals surface area contributed by atoms with Gasteiger partial charge in [0, 0.05) is 5.02 Å². The van der Waals surface area contributed by atoms with Crippen LogP contribution < -0.4 is 5.73 Å². The molecular formula is C22H17Cl2N7. The average Bonchev–Trinajstić information content (AvgIpc) is 3.24. The molecule has 3 heterocycles. The highest BCUT2D eigenvalue weighted by Gasteiger charge is 2.24. The molecule has 9 heteroatoms.